The predicted octanol–water partition coefficient (Wildman–Crippen LogP) is 4.52. The first-order chi connectivity index (χ1) is 14.4. The highest BCUT2D eigenvalue weighted by atomic mass is 19.4. The van der Waals surface area contributed by atoms with Crippen LogP contribution in [-0.2, 0) is 10.3 Å². The van der Waals surface area contributed by atoms with Crippen molar-refractivity contribution in [3.8, 4) is 11.1 Å². The van der Waals surface area contributed by atoms with Crippen molar-refractivity contribution in [1.29, 1.82) is 0 Å². The number of alkyl halides is 3. The molecule has 1 N–H and O–H groups in total. The van der Waals surface area contributed by atoms with Gasteiger partial charge in [0.25, 0.3) is 0 Å². The van der Waals surface area contributed by atoms with Crippen molar-refractivity contribution < 1.29 is 27.8 Å². The lowest BCUT2D eigenvalue weighted by Crippen LogP contribution is -2.50. The van der Waals surface area contributed by atoms with E-state index in [0.717, 1.165) is 0 Å². The van der Waals surface area contributed by atoms with Crippen LogP contribution in [-0.4, -0.2) is 54.1 Å². The summed E-state index contributed by atoms with van der Waals surface area (Å²) in [6, 6.07) is 10.9. The largest absolute Gasteiger partial charge is 0.444 e. The van der Waals surface area contributed by atoms with E-state index in [4.69, 9.17) is 4.74 Å². The highest BCUT2D eigenvalue weighted by molar-refractivity contribution is 5.82. The summed E-state index contributed by atoms with van der Waals surface area (Å²) >= 11 is 0. The molecule has 5 nitrogen and oxygen atoms in total. The molecular weight excluding hydrogens is 409 g/mol. The standard InChI is InChI=1S/C23H25F3N2O3/c1-21(2,3)31-20(29)28-12-10-27(11-13-28)15-8-9-17-16-6-4-5-7-18(16)22(30,19(17)14-15)23(24,25)26/h4-9,14,30H,10-13H2,1-3H3. The Balaban J connectivity index is 1.60. The molecule has 0 bridgehead atoms. The second kappa shape index (κ2) is 7.15. The van der Waals surface area contributed by atoms with Crippen molar-refractivity contribution in [1.82, 2.24) is 4.90 Å². The van der Waals surface area contributed by atoms with Crippen LogP contribution >= 0.6 is 0 Å². The number of hydrogen-bond donors (Lipinski definition) is 1. The zero-order valence-corrected chi connectivity index (χ0v) is 17.7. The molecule has 0 radical (unpaired) electrons. The number of halogens is 3. The number of amides is 1. The van der Waals surface area contributed by atoms with Gasteiger partial charge < -0.3 is 19.6 Å². The van der Waals surface area contributed by atoms with Gasteiger partial charge in [0.15, 0.2) is 0 Å². The minimum Gasteiger partial charge on any atom is -0.444 e. The molecule has 1 unspecified atom stereocenters. The maximum atomic E-state index is 14.0. The second-order valence-electron chi connectivity index (χ2n) is 8.94. The van der Waals surface area contributed by atoms with Gasteiger partial charge in [0.05, 0.1) is 0 Å². The lowest BCUT2D eigenvalue weighted by molar-refractivity contribution is -0.246. The van der Waals surface area contributed by atoms with Gasteiger partial charge in [-0.2, -0.15) is 13.2 Å². The van der Waals surface area contributed by atoms with Gasteiger partial charge in [-0.1, -0.05) is 30.3 Å². The van der Waals surface area contributed by atoms with Gasteiger partial charge in [-0.15, -0.1) is 0 Å². The van der Waals surface area contributed by atoms with Crippen LogP contribution in [0, 0.1) is 0 Å². The summed E-state index contributed by atoms with van der Waals surface area (Å²) in [7, 11) is 0. The molecule has 2 aliphatic rings. The van der Waals surface area contributed by atoms with Crippen molar-refractivity contribution in [3.63, 3.8) is 0 Å². The van der Waals surface area contributed by atoms with E-state index in [1.54, 1.807) is 49.9 Å². The number of carbonyl (C=O) groups excluding carboxylic acids is 1. The second-order valence-corrected chi connectivity index (χ2v) is 8.94. The molecule has 1 amide bonds. The van der Waals surface area contributed by atoms with Crippen LogP contribution in [0.15, 0.2) is 42.5 Å². The third-order valence-corrected chi connectivity index (χ3v) is 5.71. The van der Waals surface area contributed by atoms with Crippen LogP contribution in [0.3, 0.4) is 0 Å². The molecule has 0 saturated carbocycles. The van der Waals surface area contributed by atoms with Crippen LogP contribution in [0.25, 0.3) is 11.1 Å². The Hall–Kier alpha value is -2.74. The fourth-order valence-corrected chi connectivity index (χ4v) is 4.22. The lowest BCUT2D eigenvalue weighted by atomic mass is 9.90. The molecule has 1 aliphatic heterocycles. The molecule has 1 atom stereocenters. The van der Waals surface area contributed by atoms with Gasteiger partial charge >= 0.3 is 12.3 Å². The van der Waals surface area contributed by atoms with Crippen molar-refractivity contribution in [2.75, 3.05) is 31.1 Å². The highest BCUT2D eigenvalue weighted by Crippen LogP contribution is 2.55. The third kappa shape index (κ3) is 3.63. The number of carbonyl (C=O) groups is 1. The van der Waals surface area contributed by atoms with Gasteiger partial charge in [0.2, 0.25) is 5.60 Å². The van der Waals surface area contributed by atoms with Gasteiger partial charge in [-0.05, 0) is 44.0 Å². The first kappa shape index (κ1) is 21.5. The van der Waals surface area contributed by atoms with Crippen molar-refractivity contribution in [2.45, 2.75) is 38.1 Å². The summed E-state index contributed by atoms with van der Waals surface area (Å²) < 4.78 is 47.5. The van der Waals surface area contributed by atoms with Crippen molar-refractivity contribution >= 4 is 11.8 Å². The lowest BCUT2D eigenvalue weighted by Gasteiger charge is -2.37. The van der Waals surface area contributed by atoms with Gasteiger partial charge in [0.1, 0.15) is 5.60 Å². The maximum absolute atomic E-state index is 14.0. The van der Waals surface area contributed by atoms with Crippen molar-refractivity contribution in [3.05, 3.63) is 53.6 Å². The molecule has 0 aromatic heterocycles. The monoisotopic (exact) mass is 434 g/mol. The summed E-state index contributed by atoms with van der Waals surface area (Å²) in [6.07, 6.45) is -5.26. The fraction of sp³-hybridized carbons (Fsp3) is 0.435. The molecule has 166 valence electrons. The van der Waals surface area contributed by atoms with Gasteiger partial charge in [0, 0.05) is 43.0 Å². The number of fused-ring (bicyclic) bond motifs is 3. The zero-order chi connectivity index (χ0) is 22.6. The van der Waals surface area contributed by atoms with Crippen LogP contribution < -0.4 is 4.90 Å². The quantitative estimate of drug-likeness (QED) is 0.717. The molecule has 1 fully saturated rings. The predicted molar refractivity (Wildman–Crippen MR) is 111 cm³/mol. The van der Waals surface area contributed by atoms with E-state index < -0.39 is 23.5 Å². The minimum atomic E-state index is -4.86. The first-order valence-electron chi connectivity index (χ1n) is 10.2. The van der Waals surface area contributed by atoms with Gasteiger partial charge in [-0.25, -0.2) is 4.79 Å². The average molecular weight is 434 g/mol. The van der Waals surface area contributed by atoms with E-state index in [0.29, 0.717) is 43.0 Å². The Kier molecular flexibility index (Phi) is 4.96. The van der Waals surface area contributed by atoms with Crippen LogP contribution in [0.5, 0.6) is 0 Å². The van der Waals surface area contributed by atoms with E-state index in [2.05, 4.69) is 0 Å². The molecule has 1 aliphatic carbocycles. The first-order valence-corrected chi connectivity index (χ1v) is 10.2. The Morgan fingerprint density at radius 3 is 2.19 bits per heavy atom. The number of ether oxygens (including phenoxy) is 1. The highest BCUT2D eigenvalue weighted by Gasteiger charge is 2.60. The molecule has 8 heteroatoms. The number of benzene rings is 2. The smallest absolute Gasteiger partial charge is 0.425 e. The van der Waals surface area contributed by atoms with Crippen LogP contribution in [0.1, 0.15) is 31.9 Å². The number of nitrogens with zero attached hydrogens (tertiary/aromatic N) is 2. The normalized spacial score (nSPS) is 21.0. The fourth-order valence-electron chi connectivity index (χ4n) is 4.22. The zero-order valence-electron chi connectivity index (χ0n) is 17.7. The molecule has 4 rings (SSSR count). The Morgan fingerprint density at radius 1 is 0.968 bits per heavy atom. The number of aliphatic hydroxyl groups is 1. The average Bonchev–Trinajstić information content (AvgIpc) is 2.96. The molecule has 2 aromatic rings. The Morgan fingerprint density at radius 2 is 1.58 bits per heavy atom. The molecule has 2 aromatic carbocycles. The molecule has 1 heterocycles. The van der Waals surface area contributed by atoms with Crippen LogP contribution in [0.4, 0.5) is 23.7 Å². The molecule has 31 heavy (non-hydrogen) atoms. The Labute approximate surface area is 179 Å². The summed E-state index contributed by atoms with van der Waals surface area (Å²) in [4.78, 5) is 15.8. The molecule has 1 saturated heterocycles. The van der Waals surface area contributed by atoms with E-state index >= 15 is 0 Å². The van der Waals surface area contributed by atoms with E-state index in [1.807, 2.05) is 4.90 Å². The summed E-state index contributed by atoms with van der Waals surface area (Å²) in [6.45, 7) is 7.10. The topological polar surface area (TPSA) is 53.0 Å². The number of anilines is 1. The summed E-state index contributed by atoms with van der Waals surface area (Å²) in [5.41, 5.74) is -2.60. The van der Waals surface area contributed by atoms with E-state index in [-0.39, 0.29) is 11.1 Å². The SMILES string of the molecule is CC(C)(C)OC(=O)N1CCN(c2ccc3c(c2)C(O)(C(F)(F)F)c2ccccc2-3)CC1. The molecule has 0 spiro atoms. The molecular formula is C23H25F3N2O3. The van der Waals surface area contributed by atoms with Crippen LogP contribution in [0.2, 0.25) is 0 Å². The maximum Gasteiger partial charge on any atom is 0.425 e. The van der Waals surface area contributed by atoms with E-state index in [1.165, 1.54) is 18.2 Å². The third-order valence-electron chi connectivity index (χ3n) is 5.71. The number of hydrogen-bond acceptors (Lipinski definition) is 4. The van der Waals surface area contributed by atoms with E-state index in [9.17, 15) is 23.1 Å². The Bertz CT molecular complexity index is 1010. The minimum absolute atomic E-state index is 0.149. The van der Waals surface area contributed by atoms with Gasteiger partial charge in [-0.3, -0.25) is 0 Å². The summed E-state index contributed by atoms with van der Waals surface area (Å²) in [5.74, 6) is 0. The van der Waals surface area contributed by atoms with Crippen molar-refractivity contribution in [2.24, 2.45) is 0 Å². The number of piperazine rings is 1. The summed E-state index contributed by atoms with van der Waals surface area (Å²) in [5, 5.41) is 10.9. The number of rotatable bonds is 1.